The number of aryl methyl sites for hydroxylation is 1. The summed E-state index contributed by atoms with van der Waals surface area (Å²) in [5.74, 6) is 1.03. The standard InChI is InChI=1S/C65H79N9O14P2SSi2/c1-42-49-33-35-73(58(49)69-39-67-42)61-55(54(87-92(11,12)63(2,3)4)50(83-61)37-80-65(44-23-19-16-20-24-44,45-25-29-47(78-9)30-26-45)46-27-31-48(79-10)32-28-46)86-90(91,81-36-34-66-8)82-38-51-53(85-89(76)77)56(88-93(13,14)64(5,6)7)62(84-51)74-41-71-52-57(68-40-70-59(52)74)72-60(75)43-21-17-15-18-22-43/h15-33,35,39-41,50-51,53-56,61-62H,34,36-38H2,1-7,9-14H3,(H-,68,70,72,75,76,77)/p+1/t50-,51-,53-,54-,55-,56-,61-,62-,90?/m1/s1. The van der Waals surface area contributed by atoms with Crippen LogP contribution < -0.4 is 14.8 Å². The monoisotopic (exact) mass is 1360 g/mol. The van der Waals surface area contributed by atoms with Gasteiger partial charge in [0.05, 0.1) is 39.5 Å². The van der Waals surface area contributed by atoms with Crippen LogP contribution in [0, 0.1) is 13.5 Å². The number of ether oxygens (including phenoxy) is 5. The number of nitrogens with one attached hydrogen (secondary N) is 1. The summed E-state index contributed by atoms with van der Waals surface area (Å²) in [4.78, 5) is 50.7. The summed E-state index contributed by atoms with van der Waals surface area (Å²) >= 11 is 6.56. The molecule has 2 fully saturated rings. The van der Waals surface area contributed by atoms with Gasteiger partial charge in [-0.05, 0) is 114 Å². The highest BCUT2D eigenvalue weighted by atomic mass is 32.5. The molecule has 2 aliphatic rings. The van der Waals surface area contributed by atoms with E-state index in [0.717, 1.165) is 27.8 Å². The highest BCUT2D eigenvalue weighted by Crippen LogP contribution is 2.57. The van der Waals surface area contributed by atoms with E-state index in [-0.39, 0.29) is 46.8 Å². The van der Waals surface area contributed by atoms with Crippen molar-refractivity contribution in [1.29, 1.82) is 0 Å². The first-order chi connectivity index (χ1) is 44.2. The second-order valence-corrected chi connectivity index (χ2v) is 38.9. The molecule has 6 heterocycles. The van der Waals surface area contributed by atoms with Gasteiger partial charge in [0.15, 0.2) is 52.2 Å². The molecule has 0 radical (unpaired) electrons. The Bertz CT molecular complexity index is 3960. The number of hydrogen-bond acceptors (Lipinski definition) is 19. The van der Waals surface area contributed by atoms with Gasteiger partial charge in [0.1, 0.15) is 72.5 Å². The maximum atomic E-state index is 13.5. The van der Waals surface area contributed by atoms with Gasteiger partial charge in [0, 0.05) is 21.7 Å². The molecule has 2 saturated heterocycles. The number of rotatable bonds is 26. The molecule has 0 spiro atoms. The third-order valence-electron chi connectivity index (χ3n) is 17.9. The van der Waals surface area contributed by atoms with E-state index in [4.69, 9.17) is 74.0 Å². The van der Waals surface area contributed by atoms with Gasteiger partial charge < -0.3 is 56.3 Å². The van der Waals surface area contributed by atoms with Crippen LogP contribution in [-0.2, 0) is 63.1 Å². The van der Waals surface area contributed by atoms with E-state index in [0.29, 0.717) is 22.7 Å². The first-order valence-corrected chi connectivity index (χ1v) is 39.9. The van der Waals surface area contributed by atoms with E-state index in [9.17, 15) is 14.3 Å². The van der Waals surface area contributed by atoms with Crippen LogP contribution in [0.15, 0.2) is 140 Å². The molecule has 2 aliphatic heterocycles. The molecule has 28 heteroatoms. The number of carbonyl (C=O) groups excluding carboxylic acids is 1. The van der Waals surface area contributed by atoms with Crippen LogP contribution in [0.2, 0.25) is 36.3 Å². The third-order valence-corrected chi connectivity index (χ3v) is 29.6. The van der Waals surface area contributed by atoms with Gasteiger partial charge in [-0.25, -0.2) is 31.5 Å². The van der Waals surface area contributed by atoms with E-state index >= 15 is 0 Å². The Morgan fingerprint density at radius 1 is 0.699 bits per heavy atom. The molecule has 1 amide bonds. The number of anilines is 1. The summed E-state index contributed by atoms with van der Waals surface area (Å²) < 4.78 is 91.5. The lowest BCUT2D eigenvalue weighted by Crippen LogP contribution is -2.51. The SMILES string of the molecule is [C-]#[N+]CCOP(=S)(OC[C@H]1O[C@@H](n2cnc3c(NC(=O)c4ccccc4)ncnc32)[C@H](O[Si](C)(C)C(C)(C)C)[C@@H]1O[P+](=O)O)O[C@@H]1[C@H](O[Si](C)(C)C(C)(C)C)[C@@H](COC(c2ccccc2)(c2ccc(OC)cc2)c2ccc(OC)cc2)O[C@H]1n1ccc2c(C)ncnc21. The summed E-state index contributed by atoms with van der Waals surface area (Å²) in [6, 6.07) is 36.0. The predicted octanol–water partition coefficient (Wildman–Crippen LogP) is 13.0. The van der Waals surface area contributed by atoms with Crippen molar-refractivity contribution < 1.29 is 64.9 Å². The summed E-state index contributed by atoms with van der Waals surface area (Å²) in [6.45, 7) is 25.6. The zero-order valence-corrected chi connectivity index (χ0v) is 59.0. The number of methoxy groups -OCH3 is 2. The number of aromatic nitrogens is 7. The Labute approximate surface area is 550 Å². The van der Waals surface area contributed by atoms with Crippen LogP contribution in [0.4, 0.5) is 5.82 Å². The largest absolute Gasteiger partial charge is 0.695 e. The van der Waals surface area contributed by atoms with E-state index in [1.54, 1.807) is 43.1 Å². The quantitative estimate of drug-likeness (QED) is 0.0168. The number of amides is 1. The Hall–Kier alpha value is -6.61. The Morgan fingerprint density at radius 2 is 1.25 bits per heavy atom. The average molecular weight is 1360 g/mol. The summed E-state index contributed by atoms with van der Waals surface area (Å²) in [7, 11) is -5.77. The highest BCUT2D eigenvalue weighted by Gasteiger charge is 2.58. The molecule has 0 saturated carbocycles. The molecule has 0 aliphatic carbocycles. The number of fused-ring (bicyclic) bond motifs is 2. The van der Waals surface area contributed by atoms with Crippen molar-refractivity contribution in [2.24, 2.45) is 0 Å². The van der Waals surface area contributed by atoms with Crippen LogP contribution >= 0.6 is 15.0 Å². The Kier molecular flexibility index (Phi) is 21.1. The fourth-order valence-corrected chi connectivity index (χ4v) is 16.0. The van der Waals surface area contributed by atoms with Crippen LogP contribution in [-0.4, -0.2) is 139 Å². The molecule has 0 bridgehead atoms. The molecular weight excluding hydrogens is 1280 g/mol. The van der Waals surface area contributed by atoms with Crippen LogP contribution in [0.25, 0.3) is 27.0 Å². The van der Waals surface area contributed by atoms with Gasteiger partial charge in [-0.3, -0.25) is 13.9 Å². The van der Waals surface area contributed by atoms with Gasteiger partial charge in [-0.15, -0.1) is 9.42 Å². The fourth-order valence-electron chi connectivity index (χ4n) is 10.9. The molecule has 10 rings (SSSR count). The first-order valence-electron chi connectivity index (χ1n) is 30.4. The van der Waals surface area contributed by atoms with E-state index in [1.165, 1.54) is 19.0 Å². The van der Waals surface area contributed by atoms with Gasteiger partial charge in [-0.2, -0.15) is 0 Å². The minimum atomic E-state index is -4.20. The maximum Gasteiger partial charge on any atom is 0.695 e. The normalized spacial score (nSPS) is 21.4. The third kappa shape index (κ3) is 14.8. The van der Waals surface area contributed by atoms with Gasteiger partial charge in [0.25, 0.3) is 5.91 Å². The predicted molar refractivity (Wildman–Crippen MR) is 359 cm³/mol. The molecule has 23 nitrogen and oxygen atoms in total. The molecule has 2 N–H and O–H groups in total. The van der Waals surface area contributed by atoms with E-state index < -0.39 is 98.8 Å². The zero-order valence-electron chi connectivity index (χ0n) is 54.4. The van der Waals surface area contributed by atoms with Gasteiger partial charge in [0.2, 0.25) is 6.54 Å². The van der Waals surface area contributed by atoms with Gasteiger partial charge >= 0.3 is 15.0 Å². The van der Waals surface area contributed by atoms with Crippen molar-refractivity contribution in [1.82, 2.24) is 34.1 Å². The molecule has 8 aromatic rings. The number of carbonyl (C=O) groups is 1. The van der Waals surface area contributed by atoms with Crippen LogP contribution in [0.1, 0.15) is 86.7 Å². The number of hydrogen-bond donors (Lipinski definition) is 2. The number of benzene rings is 4. The minimum absolute atomic E-state index is 0.0991. The average Bonchev–Trinajstić information content (AvgIpc) is 1.76. The van der Waals surface area contributed by atoms with Crippen LogP contribution in [0.5, 0.6) is 11.5 Å². The van der Waals surface area contributed by atoms with E-state index in [2.05, 4.69) is 84.7 Å². The molecule has 10 atom stereocenters. The lowest BCUT2D eigenvalue weighted by molar-refractivity contribution is -0.0929. The first kappa shape index (κ1) is 69.2. The summed E-state index contributed by atoms with van der Waals surface area (Å²) in [5.41, 5.74) is 3.25. The summed E-state index contributed by atoms with van der Waals surface area (Å²) in [6.07, 6.45) is -2.81. The van der Waals surface area contributed by atoms with Crippen molar-refractivity contribution in [2.75, 3.05) is 45.9 Å². The number of nitrogens with zero attached hydrogens (tertiary/aromatic N) is 8. The van der Waals surface area contributed by atoms with Crippen molar-refractivity contribution >= 4 is 77.3 Å². The topological polar surface area (TPSA) is 247 Å². The number of imidazole rings is 1. The van der Waals surface area contributed by atoms with Crippen molar-refractivity contribution in [3.05, 3.63) is 180 Å². The maximum absolute atomic E-state index is 13.5. The summed E-state index contributed by atoms with van der Waals surface area (Å²) in [5, 5.41) is 2.87. The molecule has 492 valence electrons. The molecular formula is C65H80N9O14P2SSi2+. The molecule has 4 aromatic carbocycles. The smallest absolute Gasteiger partial charge is 0.497 e. The Balaban J connectivity index is 1.07. The fraction of sp³-hybridized carbons (Fsp3) is 0.431. The molecule has 4 aromatic heterocycles. The van der Waals surface area contributed by atoms with Crippen molar-refractivity contribution in [2.45, 2.75) is 139 Å². The lowest BCUT2D eigenvalue weighted by Gasteiger charge is -2.42. The molecule has 2 unspecified atom stereocenters. The Morgan fingerprint density at radius 3 is 1.83 bits per heavy atom. The molecule has 93 heavy (non-hydrogen) atoms. The van der Waals surface area contributed by atoms with Crippen molar-refractivity contribution in [3.63, 3.8) is 0 Å². The van der Waals surface area contributed by atoms with Crippen LogP contribution in [0.3, 0.4) is 0 Å². The van der Waals surface area contributed by atoms with Crippen molar-refractivity contribution in [3.8, 4) is 11.5 Å². The second kappa shape index (κ2) is 28.4. The zero-order chi connectivity index (χ0) is 66.7. The van der Waals surface area contributed by atoms with Gasteiger partial charge in [-0.1, -0.05) is 114 Å². The second-order valence-electron chi connectivity index (χ2n) is 25.8. The van der Waals surface area contributed by atoms with E-state index in [1.807, 2.05) is 122 Å². The lowest BCUT2D eigenvalue weighted by atomic mass is 9.80. The minimum Gasteiger partial charge on any atom is -0.497 e. The highest BCUT2D eigenvalue weighted by molar-refractivity contribution is 8.07.